The monoisotopic (exact) mass is 498 g/mol. The molecule has 0 bridgehead atoms. The van der Waals surface area contributed by atoms with Gasteiger partial charge >= 0.3 is 6.61 Å². The highest BCUT2D eigenvalue weighted by Gasteiger charge is 2.24. The number of rotatable bonds is 10. The molecule has 0 aliphatic carbocycles. The van der Waals surface area contributed by atoms with Crippen molar-refractivity contribution in [3.05, 3.63) is 70.3 Å². The normalized spacial score (nSPS) is 13.2. The third-order valence-electron chi connectivity index (χ3n) is 6.08. The van der Waals surface area contributed by atoms with Gasteiger partial charge in [-0.15, -0.1) is 0 Å². The molecule has 2 atom stereocenters. The number of fused-ring (bicyclic) bond motifs is 1. The van der Waals surface area contributed by atoms with Crippen LogP contribution in [-0.4, -0.2) is 44.5 Å². The first-order valence-electron chi connectivity index (χ1n) is 11.6. The first-order chi connectivity index (χ1) is 17.3. The van der Waals surface area contributed by atoms with Gasteiger partial charge in [0.2, 0.25) is 0 Å². The molecule has 2 heterocycles. The van der Waals surface area contributed by atoms with Gasteiger partial charge in [-0.25, -0.2) is 9.97 Å². The second-order valence-corrected chi connectivity index (χ2v) is 8.55. The lowest BCUT2D eigenvalue weighted by atomic mass is 10.0. The lowest BCUT2D eigenvalue weighted by molar-refractivity contribution is -0.0512. The van der Waals surface area contributed by atoms with Gasteiger partial charge in [0.15, 0.2) is 22.7 Å². The second kappa shape index (κ2) is 10.9. The van der Waals surface area contributed by atoms with Crippen LogP contribution in [0.25, 0.3) is 22.6 Å². The number of imidazole rings is 1. The largest absolute Gasteiger partial charge is 0.493 e. The zero-order valence-electron chi connectivity index (χ0n) is 20.2. The fraction of sp³-hybridized carbons (Fsp3) is 0.346. The zero-order chi connectivity index (χ0) is 25.8. The van der Waals surface area contributed by atoms with Crippen LogP contribution < -0.4 is 15.0 Å². The van der Waals surface area contributed by atoms with Crippen LogP contribution in [0.15, 0.2) is 53.3 Å². The number of hydrogen-bond donors (Lipinski definition) is 2. The smallest absolute Gasteiger partial charge is 0.387 e. The number of benzene rings is 2. The van der Waals surface area contributed by atoms with Crippen LogP contribution in [0.1, 0.15) is 37.2 Å². The van der Waals surface area contributed by atoms with Gasteiger partial charge in [-0.2, -0.15) is 8.78 Å². The Bertz CT molecular complexity index is 1390. The van der Waals surface area contributed by atoms with Crippen molar-refractivity contribution in [1.82, 2.24) is 19.5 Å². The van der Waals surface area contributed by atoms with E-state index >= 15 is 0 Å². The maximum Gasteiger partial charge on any atom is 0.387 e. The summed E-state index contributed by atoms with van der Waals surface area (Å²) < 4.78 is 36.8. The number of methoxy groups -OCH3 is 1. The van der Waals surface area contributed by atoms with Crippen LogP contribution >= 0.6 is 0 Å². The van der Waals surface area contributed by atoms with Crippen LogP contribution in [0, 0.1) is 6.92 Å². The number of ether oxygens (including phenoxy) is 2. The molecule has 36 heavy (non-hydrogen) atoms. The molecule has 4 rings (SSSR count). The Balaban J connectivity index is 1.71. The summed E-state index contributed by atoms with van der Waals surface area (Å²) >= 11 is 0. The van der Waals surface area contributed by atoms with Crippen LogP contribution in [0.5, 0.6) is 11.5 Å². The molecule has 0 amide bonds. The van der Waals surface area contributed by atoms with E-state index in [0.29, 0.717) is 23.5 Å². The molecule has 0 radical (unpaired) electrons. The van der Waals surface area contributed by atoms with E-state index in [-0.39, 0.29) is 28.9 Å². The Morgan fingerprint density at radius 1 is 1.11 bits per heavy atom. The third-order valence-corrected chi connectivity index (χ3v) is 6.08. The van der Waals surface area contributed by atoms with E-state index < -0.39 is 18.3 Å². The highest BCUT2D eigenvalue weighted by Crippen LogP contribution is 2.33. The lowest BCUT2D eigenvalue weighted by Gasteiger charge is -2.23. The first-order valence-corrected chi connectivity index (χ1v) is 11.6. The molecular formula is C26H28F2N4O4. The minimum Gasteiger partial charge on any atom is -0.493 e. The van der Waals surface area contributed by atoms with Crippen LogP contribution in [0.2, 0.25) is 0 Å². The molecule has 2 unspecified atom stereocenters. The zero-order valence-corrected chi connectivity index (χ0v) is 20.2. The average Bonchev–Trinajstić information content (AvgIpc) is 3.18. The van der Waals surface area contributed by atoms with E-state index in [1.54, 1.807) is 18.4 Å². The number of aryl methyl sites for hydroxylation is 2. The van der Waals surface area contributed by atoms with Crippen LogP contribution in [0.3, 0.4) is 0 Å². The van der Waals surface area contributed by atoms with Gasteiger partial charge in [-0.3, -0.25) is 4.79 Å². The molecule has 2 aromatic heterocycles. The van der Waals surface area contributed by atoms with Crippen molar-refractivity contribution in [1.29, 1.82) is 0 Å². The molecule has 0 saturated heterocycles. The van der Waals surface area contributed by atoms with E-state index in [9.17, 15) is 18.7 Å². The Labute approximate surface area is 206 Å². The van der Waals surface area contributed by atoms with Crippen molar-refractivity contribution in [3.63, 3.8) is 0 Å². The topological polar surface area (TPSA) is 102 Å². The van der Waals surface area contributed by atoms with Gasteiger partial charge in [0.25, 0.3) is 5.56 Å². The highest BCUT2D eigenvalue weighted by molar-refractivity contribution is 5.74. The number of aliphatic hydroxyl groups excluding tert-OH is 1. The Morgan fingerprint density at radius 2 is 1.86 bits per heavy atom. The van der Waals surface area contributed by atoms with E-state index in [1.165, 1.54) is 30.9 Å². The summed E-state index contributed by atoms with van der Waals surface area (Å²) in [5.74, 6) is 0.712. The van der Waals surface area contributed by atoms with Crippen molar-refractivity contribution >= 4 is 11.2 Å². The standard InChI is InChI=1S/C26H28F2N4O4/c1-15(33)19(11-7-10-17-8-5-4-6-9-17)32-16(2)29-22-24(32)30-23(31-25(22)34)18-12-13-20(36-26(27)28)21(14-18)35-3/h4-6,8-9,12-15,19,26,33H,7,10-11H2,1-3H3,(H,30,31,34). The predicted molar refractivity (Wildman–Crippen MR) is 132 cm³/mol. The van der Waals surface area contributed by atoms with Crippen molar-refractivity contribution < 1.29 is 23.4 Å². The molecule has 8 nitrogen and oxygen atoms in total. The van der Waals surface area contributed by atoms with Crippen molar-refractivity contribution in [2.24, 2.45) is 0 Å². The van der Waals surface area contributed by atoms with Gasteiger partial charge in [-0.1, -0.05) is 30.3 Å². The molecule has 4 aromatic rings. The predicted octanol–water partition coefficient (Wildman–Crippen LogP) is 4.65. The average molecular weight is 499 g/mol. The molecule has 10 heteroatoms. The quantitative estimate of drug-likeness (QED) is 0.330. The van der Waals surface area contributed by atoms with E-state index in [2.05, 4.69) is 31.8 Å². The number of alkyl halides is 2. The lowest BCUT2D eigenvalue weighted by Crippen LogP contribution is -2.23. The number of aliphatic hydroxyl groups is 1. The number of nitrogens with zero attached hydrogens (tertiary/aromatic N) is 3. The number of nitrogens with one attached hydrogen (secondary N) is 1. The van der Waals surface area contributed by atoms with E-state index in [1.807, 2.05) is 18.2 Å². The van der Waals surface area contributed by atoms with Gasteiger partial charge in [0, 0.05) is 5.56 Å². The molecule has 0 aliphatic heterocycles. The number of aromatic nitrogens is 4. The minimum atomic E-state index is -3.00. The fourth-order valence-electron chi connectivity index (χ4n) is 4.38. The maximum absolute atomic E-state index is 12.9. The van der Waals surface area contributed by atoms with Crippen LogP contribution in [-0.2, 0) is 6.42 Å². The molecule has 0 fully saturated rings. The van der Waals surface area contributed by atoms with E-state index in [0.717, 1.165) is 12.8 Å². The third kappa shape index (κ3) is 5.38. The molecule has 2 aromatic carbocycles. The molecule has 0 saturated carbocycles. The summed E-state index contributed by atoms with van der Waals surface area (Å²) in [4.78, 5) is 24.7. The number of halogens is 2. The van der Waals surface area contributed by atoms with E-state index in [4.69, 9.17) is 4.74 Å². The van der Waals surface area contributed by atoms with Crippen molar-refractivity contribution in [3.8, 4) is 22.9 Å². The summed E-state index contributed by atoms with van der Waals surface area (Å²) in [5.41, 5.74) is 1.70. The fourth-order valence-corrected chi connectivity index (χ4v) is 4.38. The van der Waals surface area contributed by atoms with Gasteiger partial charge in [-0.05, 0) is 56.9 Å². The highest BCUT2D eigenvalue weighted by atomic mass is 19.3. The summed E-state index contributed by atoms with van der Waals surface area (Å²) in [6.07, 6.45) is 1.60. The second-order valence-electron chi connectivity index (χ2n) is 8.55. The number of aromatic amines is 1. The van der Waals surface area contributed by atoms with Gasteiger partial charge in [0.05, 0.1) is 19.3 Å². The number of H-pyrrole nitrogens is 1. The Morgan fingerprint density at radius 3 is 2.53 bits per heavy atom. The Kier molecular flexibility index (Phi) is 7.64. The summed E-state index contributed by atoms with van der Waals surface area (Å²) in [6.45, 7) is 0.474. The summed E-state index contributed by atoms with van der Waals surface area (Å²) in [6, 6.07) is 14.0. The SMILES string of the molecule is COc1cc(-c2nc3c(nc(C)n3C(CCCc3ccccc3)C(C)O)c(=O)[nH]2)ccc1OC(F)F. The van der Waals surface area contributed by atoms with Gasteiger partial charge < -0.3 is 24.1 Å². The van der Waals surface area contributed by atoms with Crippen molar-refractivity contribution in [2.45, 2.75) is 51.9 Å². The van der Waals surface area contributed by atoms with Crippen LogP contribution in [0.4, 0.5) is 8.78 Å². The minimum absolute atomic E-state index is 0.0722. The molecule has 190 valence electrons. The first kappa shape index (κ1) is 25.3. The Hall–Kier alpha value is -3.79. The molecule has 2 N–H and O–H groups in total. The summed E-state index contributed by atoms with van der Waals surface area (Å²) in [7, 11) is 1.33. The summed E-state index contributed by atoms with van der Waals surface area (Å²) in [5, 5.41) is 10.6. The maximum atomic E-state index is 12.9. The molecule has 0 aliphatic rings. The molecular weight excluding hydrogens is 470 g/mol. The number of hydrogen-bond acceptors (Lipinski definition) is 6. The molecule has 0 spiro atoms. The van der Waals surface area contributed by atoms with Crippen molar-refractivity contribution in [2.75, 3.05) is 7.11 Å². The van der Waals surface area contributed by atoms with Gasteiger partial charge in [0.1, 0.15) is 11.6 Å².